The molecule has 0 aliphatic heterocycles. The zero-order valence-electron chi connectivity index (χ0n) is 16.1. The summed E-state index contributed by atoms with van der Waals surface area (Å²) < 4.78 is 0. The molecular weight excluding hydrogens is 280 g/mol. The third-order valence-electron chi connectivity index (χ3n) is 2.93. The lowest BCUT2D eigenvalue weighted by molar-refractivity contribution is -0.543. The first kappa shape index (κ1) is 21.8. The molecule has 0 heterocycles. The van der Waals surface area contributed by atoms with Crippen molar-refractivity contribution in [2.45, 2.75) is 117 Å². The van der Waals surface area contributed by atoms with Gasteiger partial charge in [-0.15, -0.1) is 0 Å². The van der Waals surface area contributed by atoms with Gasteiger partial charge in [-0.1, -0.05) is 39.5 Å². The largest absolute Gasteiger partial charge is 0.234 e. The molecule has 4 nitrogen and oxygen atoms in total. The van der Waals surface area contributed by atoms with Crippen molar-refractivity contribution in [3.05, 3.63) is 0 Å². The second-order valence-electron chi connectivity index (χ2n) is 8.03. The standard InChI is InChI=1S/C18H38O4/c1-9-11-12-13-15-18(14-10-2,21-19-16(3,4)5)22-20-17(6,7)8/h9-15H2,1-8H3. The van der Waals surface area contributed by atoms with Crippen LogP contribution >= 0.6 is 0 Å². The van der Waals surface area contributed by atoms with Crippen molar-refractivity contribution in [3.8, 4) is 0 Å². The van der Waals surface area contributed by atoms with Gasteiger partial charge in [-0.2, -0.15) is 9.78 Å². The van der Waals surface area contributed by atoms with Gasteiger partial charge in [-0.25, -0.2) is 9.78 Å². The van der Waals surface area contributed by atoms with Gasteiger partial charge >= 0.3 is 0 Å². The summed E-state index contributed by atoms with van der Waals surface area (Å²) in [5.74, 6) is -0.830. The minimum Gasteiger partial charge on any atom is -0.228 e. The van der Waals surface area contributed by atoms with Crippen LogP contribution in [0.2, 0.25) is 0 Å². The van der Waals surface area contributed by atoms with Gasteiger partial charge in [0, 0.05) is 12.8 Å². The second kappa shape index (κ2) is 9.86. The maximum Gasteiger partial charge on any atom is 0.234 e. The highest BCUT2D eigenvalue weighted by molar-refractivity contribution is 4.69. The Morgan fingerprint density at radius 3 is 1.41 bits per heavy atom. The molecule has 0 aromatic carbocycles. The van der Waals surface area contributed by atoms with Gasteiger partial charge in [0.15, 0.2) is 0 Å². The topological polar surface area (TPSA) is 36.9 Å². The van der Waals surface area contributed by atoms with E-state index >= 15 is 0 Å². The fraction of sp³-hybridized carbons (Fsp3) is 1.00. The molecule has 0 spiro atoms. The molecule has 0 bridgehead atoms. The van der Waals surface area contributed by atoms with Crippen molar-refractivity contribution < 1.29 is 19.6 Å². The highest BCUT2D eigenvalue weighted by Crippen LogP contribution is 2.31. The molecule has 0 aromatic heterocycles. The van der Waals surface area contributed by atoms with Gasteiger partial charge in [0.1, 0.15) is 0 Å². The third kappa shape index (κ3) is 11.4. The zero-order valence-corrected chi connectivity index (χ0v) is 16.1. The lowest BCUT2D eigenvalue weighted by Gasteiger charge is -2.35. The molecule has 4 heteroatoms. The van der Waals surface area contributed by atoms with Crippen LogP contribution in [0.4, 0.5) is 0 Å². The highest BCUT2D eigenvalue weighted by Gasteiger charge is 2.37. The maximum atomic E-state index is 5.76. The van der Waals surface area contributed by atoms with E-state index in [0.717, 1.165) is 25.7 Å². The van der Waals surface area contributed by atoms with Crippen molar-refractivity contribution in [1.82, 2.24) is 0 Å². The quantitative estimate of drug-likeness (QED) is 0.204. The normalized spacial score (nSPS) is 13.6. The fourth-order valence-electron chi connectivity index (χ4n) is 1.91. The Balaban J connectivity index is 4.82. The SMILES string of the molecule is CCCCCCC(CCC)(OOC(C)(C)C)OOC(C)(C)C. The zero-order chi connectivity index (χ0) is 17.3. The third-order valence-corrected chi connectivity index (χ3v) is 2.93. The molecular formula is C18H38O4. The molecule has 0 aliphatic rings. The Morgan fingerprint density at radius 1 is 0.545 bits per heavy atom. The Kier molecular flexibility index (Phi) is 9.79. The first-order valence-corrected chi connectivity index (χ1v) is 8.77. The summed E-state index contributed by atoms with van der Waals surface area (Å²) in [7, 11) is 0. The molecule has 0 unspecified atom stereocenters. The average molecular weight is 318 g/mol. The van der Waals surface area contributed by atoms with Crippen molar-refractivity contribution >= 4 is 0 Å². The molecule has 0 saturated carbocycles. The van der Waals surface area contributed by atoms with E-state index in [1.54, 1.807) is 0 Å². The first-order valence-electron chi connectivity index (χ1n) is 8.77. The lowest BCUT2D eigenvalue weighted by atomic mass is 10.0. The van der Waals surface area contributed by atoms with E-state index in [-0.39, 0.29) is 11.2 Å². The highest BCUT2D eigenvalue weighted by atomic mass is 17.3. The molecule has 134 valence electrons. The second-order valence-corrected chi connectivity index (χ2v) is 8.03. The van der Waals surface area contributed by atoms with Crippen LogP contribution in [0.15, 0.2) is 0 Å². The van der Waals surface area contributed by atoms with Crippen LogP contribution < -0.4 is 0 Å². The van der Waals surface area contributed by atoms with Crippen LogP contribution in [-0.4, -0.2) is 17.0 Å². The smallest absolute Gasteiger partial charge is 0.228 e. The molecule has 0 amide bonds. The number of unbranched alkanes of at least 4 members (excludes halogenated alkanes) is 3. The van der Waals surface area contributed by atoms with Gasteiger partial charge in [0.25, 0.3) is 0 Å². The monoisotopic (exact) mass is 318 g/mol. The summed E-state index contributed by atoms with van der Waals surface area (Å²) >= 11 is 0. The van der Waals surface area contributed by atoms with Gasteiger partial charge in [0.05, 0.1) is 11.2 Å². The summed E-state index contributed by atoms with van der Waals surface area (Å²) in [4.78, 5) is 22.7. The molecule has 0 N–H and O–H groups in total. The predicted octanol–water partition coefficient (Wildman–Crippen LogP) is 5.95. The number of rotatable bonds is 11. The molecule has 0 rings (SSSR count). The van der Waals surface area contributed by atoms with Crippen molar-refractivity contribution in [1.29, 1.82) is 0 Å². The Labute approximate surface area is 137 Å². The number of hydrogen-bond donors (Lipinski definition) is 0. The van der Waals surface area contributed by atoms with Gasteiger partial charge < -0.3 is 0 Å². The summed E-state index contributed by atoms with van der Waals surface area (Å²) in [6, 6.07) is 0. The summed E-state index contributed by atoms with van der Waals surface area (Å²) in [6.07, 6.45) is 7.09. The van der Waals surface area contributed by atoms with Crippen LogP contribution in [0, 0.1) is 0 Å². The lowest BCUT2D eigenvalue weighted by Crippen LogP contribution is -2.41. The first-order chi connectivity index (χ1) is 10.0. The molecule has 0 aliphatic carbocycles. The molecule has 0 saturated heterocycles. The average Bonchev–Trinajstić information content (AvgIpc) is 2.37. The van der Waals surface area contributed by atoms with E-state index in [0.29, 0.717) is 0 Å². The molecule has 22 heavy (non-hydrogen) atoms. The van der Waals surface area contributed by atoms with E-state index < -0.39 is 5.79 Å². The van der Waals surface area contributed by atoms with Crippen LogP contribution in [0.1, 0.15) is 100 Å². The summed E-state index contributed by atoms with van der Waals surface area (Å²) in [6.45, 7) is 16.1. The van der Waals surface area contributed by atoms with Gasteiger partial charge in [-0.05, 0) is 48.0 Å². The minimum atomic E-state index is -0.830. The maximum absolute atomic E-state index is 5.76. The Bertz CT molecular complexity index is 258. The van der Waals surface area contributed by atoms with Crippen LogP contribution in [-0.2, 0) is 19.6 Å². The summed E-state index contributed by atoms with van der Waals surface area (Å²) in [5.41, 5.74) is -0.763. The van der Waals surface area contributed by atoms with E-state index in [9.17, 15) is 0 Å². The Hall–Kier alpha value is -0.160. The summed E-state index contributed by atoms with van der Waals surface area (Å²) in [5, 5.41) is 0. The van der Waals surface area contributed by atoms with Gasteiger partial charge in [-0.3, -0.25) is 0 Å². The van der Waals surface area contributed by atoms with Gasteiger partial charge in [0.2, 0.25) is 5.79 Å². The van der Waals surface area contributed by atoms with Crippen molar-refractivity contribution in [2.75, 3.05) is 0 Å². The predicted molar refractivity (Wildman–Crippen MR) is 90.2 cm³/mol. The van der Waals surface area contributed by atoms with E-state index in [4.69, 9.17) is 19.6 Å². The van der Waals surface area contributed by atoms with Crippen LogP contribution in [0.5, 0.6) is 0 Å². The van der Waals surface area contributed by atoms with Crippen LogP contribution in [0.3, 0.4) is 0 Å². The van der Waals surface area contributed by atoms with E-state index in [2.05, 4.69) is 13.8 Å². The molecule has 0 radical (unpaired) electrons. The van der Waals surface area contributed by atoms with E-state index in [1.165, 1.54) is 19.3 Å². The number of hydrogen-bond acceptors (Lipinski definition) is 4. The van der Waals surface area contributed by atoms with Crippen LogP contribution in [0.25, 0.3) is 0 Å². The molecule has 0 fully saturated rings. The van der Waals surface area contributed by atoms with E-state index in [1.807, 2.05) is 41.5 Å². The molecule has 0 aromatic rings. The molecule has 0 atom stereocenters. The van der Waals surface area contributed by atoms with Crippen molar-refractivity contribution in [3.63, 3.8) is 0 Å². The minimum absolute atomic E-state index is 0.381. The van der Waals surface area contributed by atoms with Crippen molar-refractivity contribution in [2.24, 2.45) is 0 Å². The fourth-order valence-corrected chi connectivity index (χ4v) is 1.91. The Morgan fingerprint density at radius 2 is 1.05 bits per heavy atom.